The maximum absolute atomic E-state index is 12.5. The number of rotatable bonds is 3. The molecule has 1 amide bonds. The van der Waals surface area contributed by atoms with Crippen LogP contribution in [0, 0.1) is 0 Å². The number of amides is 1. The highest BCUT2D eigenvalue weighted by molar-refractivity contribution is 7.17. The number of nitrogens with one attached hydrogen (secondary N) is 1. The molecule has 1 saturated heterocycles. The molecule has 5 nitrogen and oxygen atoms in total. The second-order valence-corrected chi connectivity index (χ2v) is 7.70. The van der Waals surface area contributed by atoms with Gasteiger partial charge in [-0.15, -0.1) is 11.3 Å². The molecule has 2 aromatic rings. The topological polar surface area (TPSA) is 58.1 Å². The monoisotopic (exact) mass is 348 g/mol. The molecule has 0 aromatic carbocycles. The zero-order chi connectivity index (χ0) is 15.8. The highest BCUT2D eigenvalue weighted by atomic mass is 35.5. The van der Waals surface area contributed by atoms with Crippen LogP contribution in [0.3, 0.4) is 0 Å². The van der Waals surface area contributed by atoms with Crippen molar-refractivity contribution in [1.82, 2.24) is 14.9 Å². The van der Waals surface area contributed by atoms with Gasteiger partial charge < -0.3 is 10.2 Å². The second kappa shape index (κ2) is 6.09. The number of halogens is 1. The van der Waals surface area contributed by atoms with E-state index in [0.29, 0.717) is 15.8 Å². The fourth-order valence-electron chi connectivity index (χ4n) is 3.32. The Labute approximate surface area is 143 Å². The van der Waals surface area contributed by atoms with Gasteiger partial charge in [0.15, 0.2) is 0 Å². The number of fused-ring (bicyclic) bond motifs is 1. The first-order valence-electron chi connectivity index (χ1n) is 7.84. The van der Waals surface area contributed by atoms with Crippen molar-refractivity contribution in [2.45, 2.75) is 31.7 Å². The molecule has 1 aliphatic carbocycles. The molecule has 7 heteroatoms. The van der Waals surface area contributed by atoms with E-state index in [1.807, 2.05) is 4.90 Å². The molecule has 1 atom stereocenters. The molecule has 0 bridgehead atoms. The summed E-state index contributed by atoms with van der Waals surface area (Å²) in [6, 6.07) is 3.82. The van der Waals surface area contributed by atoms with Crippen LogP contribution in [-0.2, 0) is 12.8 Å². The Balaban J connectivity index is 1.43. The lowest BCUT2D eigenvalue weighted by Crippen LogP contribution is -2.31. The maximum Gasteiger partial charge on any atom is 0.264 e. The molecule has 4 rings (SSSR count). The number of hydrogen-bond acceptors (Lipinski definition) is 5. The molecule has 1 aliphatic heterocycles. The summed E-state index contributed by atoms with van der Waals surface area (Å²) in [5.74, 6) is 1.02. The van der Waals surface area contributed by atoms with Crippen LogP contribution in [0.2, 0.25) is 4.34 Å². The highest BCUT2D eigenvalue weighted by Gasteiger charge is 2.29. The van der Waals surface area contributed by atoms with Gasteiger partial charge in [0, 0.05) is 30.4 Å². The van der Waals surface area contributed by atoms with Gasteiger partial charge in [-0.25, -0.2) is 9.97 Å². The summed E-state index contributed by atoms with van der Waals surface area (Å²) in [7, 11) is 0. The van der Waals surface area contributed by atoms with E-state index >= 15 is 0 Å². The summed E-state index contributed by atoms with van der Waals surface area (Å²) in [5, 5.41) is 3.52. The fourth-order valence-corrected chi connectivity index (χ4v) is 4.34. The molecule has 1 unspecified atom stereocenters. The van der Waals surface area contributed by atoms with E-state index in [4.69, 9.17) is 11.6 Å². The number of carbonyl (C=O) groups is 1. The number of nitrogens with zero attached hydrogens (tertiary/aromatic N) is 3. The molecular weight excluding hydrogens is 332 g/mol. The van der Waals surface area contributed by atoms with Crippen molar-refractivity contribution in [1.29, 1.82) is 0 Å². The molecule has 3 heterocycles. The minimum absolute atomic E-state index is 0.0686. The maximum atomic E-state index is 12.5. The van der Waals surface area contributed by atoms with Crippen molar-refractivity contribution in [2.24, 2.45) is 0 Å². The molecule has 2 aliphatic rings. The van der Waals surface area contributed by atoms with Crippen molar-refractivity contribution >= 4 is 34.7 Å². The van der Waals surface area contributed by atoms with E-state index < -0.39 is 0 Å². The van der Waals surface area contributed by atoms with Gasteiger partial charge in [0.1, 0.15) is 12.1 Å². The first-order chi connectivity index (χ1) is 11.2. The predicted molar refractivity (Wildman–Crippen MR) is 91.3 cm³/mol. The van der Waals surface area contributed by atoms with Crippen LogP contribution in [0.15, 0.2) is 18.5 Å². The average molecular weight is 349 g/mol. The van der Waals surface area contributed by atoms with Gasteiger partial charge in [-0.05, 0) is 37.8 Å². The van der Waals surface area contributed by atoms with E-state index in [9.17, 15) is 4.79 Å². The third-order valence-corrected chi connectivity index (χ3v) is 5.69. The van der Waals surface area contributed by atoms with E-state index in [0.717, 1.165) is 38.0 Å². The number of likely N-dealkylation sites (tertiary alicyclic amines) is 1. The van der Waals surface area contributed by atoms with Crippen LogP contribution in [0.4, 0.5) is 5.82 Å². The van der Waals surface area contributed by atoms with Crippen LogP contribution in [0.25, 0.3) is 0 Å². The van der Waals surface area contributed by atoms with Crippen molar-refractivity contribution in [3.05, 3.63) is 38.9 Å². The summed E-state index contributed by atoms with van der Waals surface area (Å²) in [6.07, 6.45) is 5.81. The Kier molecular flexibility index (Phi) is 3.95. The Hall–Kier alpha value is -1.66. The lowest BCUT2D eigenvalue weighted by Gasteiger charge is -2.17. The average Bonchev–Trinajstić information content (AvgIpc) is 3.26. The molecule has 0 saturated carbocycles. The van der Waals surface area contributed by atoms with E-state index in [1.54, 1.807) is 18.5 Å². The lowest BCUT2D eigenvalue weighted by atomic mass is 10.2. The first-order valence-corrected chi connectivity index (χ1v) is 9.04. The lowest BCUT2D eigenvalue weighted by molar-refractivity contribution is 0.0796. The van der Waals surface area contributed by atoms with Crippen LogP contribution in [0.1, 0.15) is 33.8 Å². The molecule has 1 fully saturated rings. The smallest absolute Gasteiger partial charge is 0.264 e. The summed E-state index contributed by atoms with van der Waals surface area (Å²) in [5.41, 5.74) is 2.42. The van der Waals surface area contributed by atoms with Crippen molar-refractivity contribution in [3.8, 4) is 0 Å². The zero-order valence-corrected chi connectivity index (χ0v) is 14.2. The molecule has 120 valence electrons. The first kappa shape index (κ1) is 14.9. The van der Waals surface area contributed by atoms with Gasteiger partial charge >= 0.3 is 0 Å². The number of aromatic nitrogens is 2. The van der Waals surface area contributed by atoms with Crippen molar-refractivity contribution in [2.75, 3.05) is 18.4 Å². The largest absolute Gasteiger partial charge is 0.365 e. The predicted octanol–water partition coefficient (Wildman–Crippen LogP) is 3.01. The summed E-state index contributed by atoms with van der Waals surface area (Å²) >= 11 is 7.26. The highest BCUT2D eigenvalue weighted by Crippen LogP contribution is 2.28. The summed E-state index contributed by atoms with van der Waals surface area (Å²) in [6.45, 7) is 1.46. The third-order valence-electron chi connectivity index (χ3n) is 4.48. The van der Waals surface area contributed by atoms with Gasteiger partial charge in [0.05, 0.1) is 9.21 Å². The van der Waals surface area contributed by atoms with E-state index in [2.05, 4.69) is 15.3 Å². The van der Waals surface area contributed by atoms with Crippen molar-refractivity contribution < 1.29 is 4.79 Å². The minimum atomic E-state index is 0.0686. The van der Waals surface area contributed by atoms with Gasteiger partial charge in [-0.2, -0.15) is 0 Å². The van der Waals surface area contributed by atoms with E-state index in [-0.39, 0.29) is 11.9 Å². The van der Waals surface area contributed by atoms with Gasteiger partial charge in [-0.1, -0.05) is 11.6 Å². The minimum Gasteiger partial charge on any atom is -0.365 e. The summed E-state index contributed by atoms with van der Waals surface area (Å²) < 4.78 is 0.652. The SMILES string of the molecule is O=C(c1ccc(Cl)s1)N1CCC(Nc2ncnc3c2CCC3)C1. The van der Waals surface area contributed by atoms with Gasteiger partial charge in [0.2, 0.25) is 0 Å². The zero-order valence-electron chi connectivity index (χ0n) is 12.6. The van der Waals surface area contributed by atoms with Gasteiger partial charge in [0.25, 0.3) is 5.91 Å². The molecular formula is C16H17ClN4OS. The van der Waals surface area contributed by atoms with Crippen LogP contribution in [0.5, 0.6) is 0 Å². The van der Waals surface area contributed by atoms with Gasteiger partial charge in [-0.3, -0.25) is 4.79 Å². The molecule has 1 N–H and O–H groups in total. The fraction of sp³-hybridized carbons (Fsp3) is 0.438. The molecule has 0 radical (unpaired) electrons. The van der Waals surface area contributed by atoms with Crippen LogP contribution >= 0.6 is 22.9 Å². The Morgan fingerprint density at radius 3 is 3.09 bits per heavy atom. The normalized spacial score (nSPS) is 19.9. The molecule has 23 heavy (non-hydrogen) atoms. The Bertz CT molecular complexity index is 747. The number of aryl methyl sites for hydroxylation is 1. The summed E-state index contributed by atoms with van der Waals surface area (Å²) in [4.78, 5) is 23.8. The Morgan fingerprint density at radius 1 is 1.35 bits per heavy atom. The molecule has 2 aromatic heterocycles. The van der Waals surface area contributed by atoms with Crippen LogP contribution < -0.4 is 5.32 Å². The Morgan fingerprint density at radius 2 is 2.26 bits per heavy atom. The third kappa shape index (κ3) is 2.93. The number of anilines is 1. The molecule has 0 spiro atoms. The van der Waals surface area contributed by atoms with E-state index in [1.165, 1.54) is 22.6 Å². The van der Waals surface area contributed by atoms with Crippen LogP contribution in [-0.4, -0.2) is 39.9 Å². The number of hydrogen-bond donors (Lipinski definition) is 1. The van der Waals surface area contributed by atoms with Crippen molar-refractivity contribution in [3.63, 3.8) is 0 Å². The standard InChI is InChI=1S/C16H17ClN4OS/c17-14-5-4-13(23-14)16(22)21-7-6-10(8-21)20-15-11-2-1-3-12(11)18-9-19-15/h4-5,9-10H,1-3,6-8H2,(H,18,19,20). The number of carbonyl (C=O) groups excluding carboxylic acids is 1. The number of thiophene rings is 1. The second-order valence-electron chi connectivity index (χ2n) is 5.99. The quantitative estimate of drug-likeness (QED) is 0.926.